The third kappa shape index (κ3) is 6.61. The fourth-order valence-corrected chi connectivity index (χ4v) is 3.96. The van der Waals surface area contributed by atoms with Crippen LogP contribution < -0.4 is 14.8 Å². The Morgan fingerprint density at radius 2 is 1.81 bits per heavy atom. The first-order valence-corrected chi connectivity index (χ1v) is 11.5. The number of nitrogens with one attached hydrogen (secondary N) is 1. The van der Waals surface area contributed by atoms with Gasteiger partial charge < -0.3 is 19.7 Å². The van der Waals surface area contributed by atoms with Gasteiger partial charge in [-0.15, -0.1) is 0 Å². The first kappa shape index (κ1) is 24.4. The summed E-state index contributed by atoms with van der Waals surface area (Å²) in [7, 11) is 3.69. The highest BCUT2D eigenvalue weighted by atomic mass is 35.5. The van der Waals surface area contributed by atoms with Crippen LogP contribution in [0.2, 0.25) is 5.02 Å². The summed E-state index contributed by atoms with van der Waals surface area (Å²) in [6.07, 6.45) is 0. The van der Waals surface area contributed by atoms with Gasteiger partial charge in [0.2, 0.25) is 0 Å². The smallest absolute Gasteiger partial charge is 0.252 e. The van der Waals surface area contributed by atoms with Gasteiger partial charge in [0.15, 0.2) is 11.5 Å². The maximum atomic E-state index is 13.2. The van der Waals surface area contributed by atoms with Crippen LogP contribution in [0.1, 0.15) is 35.8 Å². The molecule has 1 amide bonds. The molecule has 1 heterocycles. The number of benzene rings is 2. The van der Waals surface area contributed by atoms with E-state index in [1.807, 2.05) is 18.2 Å². The molecular formula is C25H34ClN3O3. The van der Waals surface area contributed by atoms with Crippen molar-refractivity contribution in [3.63, 3.8) is 0 Å². The van der Waals surface area contributed by atoms with Crippen LogP contribution in [0.5, 0.6) is 11.5 Å². The van der Waals surface area contributed by atoms with Crippen molar-refractivity contribution in [2.75, 3.05) is 53.5 Å². The summed E-state index contributed by atoms with van der Waals surface area (Å²) in [6.45, 7) is 9.42. The summed E-state index contributed by atoms with van der Waals surface area (Å²) in [5.74, 6) is 1.08. The molecule has 7 heteroatoms. The summed E-state index contributed by atoms with van der Waals surface area (Å²) in [4.78, 5) is 17.9. The zero-order chi connectivity index (χ0) is 23.1. The number of amides is 1. The fraction of sp³-hybridized carbons (Fsp3) is 0.480. The minimum Gasteiger partial charge on any atom is -0.493 e. The maximum Gasteiger partial charge on any atom is 0.252 e. The van der Waals surface area contributed by atoms with Gasteiger partial charge in [0, 0.05) is 38.3 Å². The molecule has 0 aliphatic carbocycles. The summed E-state index contributed by atoms with van der Waals surface area (Å²) in [6, 6.07) is 13.3. The molecule has 0 radical (unpaired) electrons. The first-order chi connectivity index (χ1) is 15.4. The Kier molecular flexibility index (Phi) is 8.79. The number of halogens is 1. The van der Waals surface area contributed by atoms with E-state index in [0.717, 1.165) is 38.3 Å². The van der Waals surface area contributed by atoms with Gasteiger partial charge in [-0.25, -0.2) is 0 Å². The van der Waals surface area contributed by atoms with Crippen molar-refractivity contribution >= 4 is 17.5 Å². The standard InChI is InChI=1S/C25H34ClN3O3/c1-18(2)17-32-24-21(26)14-20(15-23(24)31-4)25(30)27-22(19-8-6-5-7-9-19)16-29-12-10-28(3)11-13-29/h5-9,14-15,18,22H,10-13,16-17H2,1-4H3,(H,27,30). The Morgan fingerprint density at radius 1 is 1.12 bits per heavy atom. The Hall–Kier alpha value is -2.28. The highest BCUT2D eigenvalue weighted by molar-refractivity contribution is 6.32. The molecular weight excluding hydrogens is 426 g/mol. The first-order valence-electron chi connectivity index (χ1n) is 11.1. The summed E-state index contributed by atoms with van der Waals surface area (Å²) < 4.78 is 11.3. The molecule has 0 spiro atoms. The molecule has 2 aromatic carbocycles. The minimum atomic E-state index is -0.191. The van der Waals surface area contributed by atoms with E-state index in [1.54, 1.807) is 19.2 Å². The van der Waals surface area contributed by atoms with E-state index in [-0.39, 0.29) is 11.9 Å². The SMILES string of the molecule is COc1cc(C(=O)NC(CN2CCN(C)CC2)c2ccccc2)cc(Cl)c1OCC(C)C. The number of hydrogen-bond acceptors (Lipinski definition) is 5. The Labute approximate surface area is 196 Å². The van der Waals surface area contributed by atoms with E-state index in [1.165, 1.54) is 0 Å². The predicted molar refractivity (Wildman–Crippen MR) is 129 cm³/mol. The van der Waals surface area contributed by atoms with Gasteiger partial charge in [0.05, 0.1) is 24.8 Å². The number of likely N-dealkylation sites (N-methyl/N-ethyl adjacent to an activating group) is 1. The lowest BCUT2D eigenvalue weighted by molar-refractivity contribution is 0.0907. The third-order valence-electron chi connectivity index (χ3n) is 5.60. The van der Waals surface area contributed by atoms with Crippen LogP contribution in [-0.2, 0) is 0 Å². The molecule has 0 saturated carbocycles. The molecule has 1 fully saturated rings. The lowest BCUT2D eigenvalue weighted by Crippen LogP contribution is -2.47. The van der Waals surface area contributed by atoms with Crippen molar-refractivity contribution in [3.05, 3.63) is 58.6 Å². The molecule has 2 aromatic rings. The van der Waals surface area contributed by atoms with Crippen molar-refractivity contribution in [2.24, 2.45) is 5.92 Å². The van der Waals surface area contributed by atoms with Gasteiger partial charge in [-0.2, -0.15) is 0 Å². The average molecular weight is 460 g/mol. The zero-order valence-electron chi connectivity index (χ0n) is 19.4. The van der Waals surface area contributed by atoms with E-state index >= 15 is 0 Å². The summed E-state index contributed by atoms with van der Waals surface area (Å²) in [5, 5.41) is 3.57. The molecule has 1 unspecified atom stereocenters. The van der Waals surface area contributed by atoms with E-state index in [0.29, 0.717) is 34.6 Å². The molecule has 1 aliphatic heterocycles. The third-order valence-corrected chi connectivity index (χ3v) is 5.88. The Balaban J connectivity index is 1.78. The highest BCUT2D eigenvalue weighted by Crippen LogP contribution is 2.37. The van der Waals surface area contributed by atoms with Crippen LogP contribution in [0.15, 0.2) is 42.5 Å². The number of rotatable bonds is 9. The van der Waals surface area contributed by atoms with Gasteiger partial charge in [-0.3, -0.25) is 9.69 Å². The Bertz CT molecular complexity index is 884. The van der Waals surface area contributed by atoms with Crippen molar-refractivity contribution in [2.45, 2.75) is 19.9 Å². The van der Waals surface area contributed by atoms with Crippen LogP contribution >= 0.6 is 11.6 Å². The van der Waals surface area contributed by atoms with E-state index in [4.69, 9.17) is 21.1 Å². The van der Waals surface area contributed by atoms with E-state index in [2.05, 4.69) is 48.1 Å². The largest absolute Gasteiger partial charge is 0.493 e. The quantitative estimate of drug-likeness (QED) is 0.611. The summed E-state index contributed by atoms with van der Waals surface area (Å²) in [5.41, 5.74) is 1.53. The number of methoxy groups -OCH3 is 1. The molecule has 0 aromatic heterocycles. The highest BCUT2D eigenvalue weighted by Gasteiger charge is 2.23. The van der Waals surface area contributed by atoms with Crippen LogP contribution in [-0.4, -0.2) is 69.2 Å². The molecule has 6 nitrogen and oxygen atoms in total. The lowest BCUT2D eigenvalue weighted by atomic mass is 10.0. The maximum absolute atomic E-state index is 13.2. The molecule has 1 saturated heterocycles. The topological polar surface area (TPSA) is 54.0 Å². The molecule has 32 heavy (non-hydrogen) atoms. The predicted octanol–water partition coefficient (Wildman–Crippen LogP) is 4.10. The number of piperazine rings is 1. The summed E-state index contributed by atoms with van der Waals surface area (Å²) >= 11 is 6.47. The van der Waals surface area contributed by atoms with Crippen LogP contribution in [0, 0.1) is 5.92 Å². The number of nitrogens with zero attached hydrogens (tertiary/aromatic N) is 2. The second-order valence-electron chi connectivity index (χ2n) is 8.73. The number of carbonyl (C=O) groups excluding carboxylic acids is 1. The van der Waals surface area contributed by atoms with Crippen LogP contribution in [0.4, 0.5) is 0 Å². The lowest BCUT2D eigenvalue weighted by Gasteiger charge is -2.35. The molecule has 1 N–H and O–H groups in total. The van der Waals surface area contributed by atoms with Crippen molar-refractivity contribution in [1.29, 1.82) is 0 Å². The fourth-order valence-electron chi connectivity index (χ4n) is 3.69. The molecule has 174 valence electrons. The van der Waals surface area contributed by atoms with Crippen molar-refractivity contribution in [1.82, 2.24) is 15.1 Å². The van der Waals surface area contributed by atoms with Gasteiger partial charge >= 0.3 is 0 Å². The molecule has 3 rings (SSSR count). The van der Waals surface area contributed by atoms with Crippen LogP contribution in [0.25, 0.3) is 0 Å². The normalized spacial score (nSPS) is 16.1. The number of ether oxygens (including phenoxy) is 2. The van der Waals surface area contributed by atoms with Gasteiger partial charge in [-0.1, -0.05) is 55.8 Å². The van der Waals surface area contributed by atoms with E-state index in [9.17, 15) is 4.79 Å². The van der Waals surface area contributed by atoms with Gasteiger partial charge in [0.25, 0.3) is 5.91 Å². The number of hydrogen-bond donors (Lipinski definition) is 1. The van der Waals surface area contributed by atoms with E-state index < -0.39 is 0 Å². The minimum absolute atomic E-state index is 0.131. The Morgan fingerprint density at radius 3 is 2.44 bits per heavy atom. The average Bonchev–Trinajstić information content (AvgIpc) is 2.79. The number of carbonyl (C=O) groups is 1. The second kappa shape index (κ2) is 11.5. The zero-order valence-corrected chi connectivity index (χ0v) is 20.2. The molecule has 0 bridgehead atoms. The molecule has 1 atom stereocenters. The van der Waals surface area contributed by atoms with Gasteiger partial charge in [0.1, 0.15) is 0 Å². The second-order valence-corrected chi connectivity index (χ2v) is 9.14. The van der Waals surface area contributed by atoms with Gasteiger partial charge in [-0.05, 0) is 30.7 Å². The van der Waals surface area contributed by atoms with Crippen molar-refractivity contribution in [3.8, 4) is 11.5 Å². The van der Waals surface area contributed by atoms with Crippen molar-refractivity contribution < 1.29 is 14.3 Å². The van der Waals surface area contributed by atoms with Crippen LogP contribution in [0.3, 0.4) is 0 Å². The monoisotopic (exact) mass is 459 g/mol. The molecule has 1 aliphatic rings.